The number of carbonyl (C=O) groups is 2. The van der Waals surface area contributed by atoms with Gasteiger partial charge >= 0.3 is 19.8 Å². The van der Waals surface area contributed by atoms with Crippen LogP contribution in [-0.2, 0) is 32.7 Å². The van der Waals surface area contributed by atoms with Gasteiger partial charge in [0.25, 0.3) is 0 Å². The lowest BCUT2D eigenvalue weighted by molar-refractivity contribution is -0.220. The third-order valence-corrected chi connectivity index (χ3v) is 12.6. The van der Waals surface area contributed by atoms with Crippen LogP contribution in [-0.4, -0.2) is 98.3 Å². The molecule has 0 saturated heterocycles. The molecule has 1 aliphatic carbocycles. The van der Waals surface area contributed by atoms with E-state index in [9.17, 15) is 44.6 Å². The third kappa shape index (κ3) is 33.1. The van der Waals surface area contributed by atoms with E-state index >= 15 is 0 Å². The molecule has 0 amide bonds. The van der Waals surface area contributed by atoms with E-state index in [0.717, 1.165) is 51.4 Å². The molecule has 1 aliphatic rings. The fourth-order valence-electron chi connectivity index (χ4n) is 7.56. The minimum atomic E-state index is -5.14. The Morgan fingerprint density at radius 2 is 0.864 bits per heavy atom. The number of hydrogen-bond donors (Lipinski definition) is 6. The van der Waals surface area contributed by atoms with Crippen LogP contribution in [0.2, 0.25) is 0 Å². The van der Waals surface area contributed by atoms with Crippen LogP contribution in [0.1, 0.15) is 200 Å². The van der Waals surface area contributed by atoms with Crippen LogP contribution in [0.3, 0.4) is 0 Å². The van der Waals surface area contributed by atoms with Crippen molar-refractivity contribution in [1.29, 1.82) is 0 Å². The Balaban J connectivity index is 2.43. The Hall–Kier alpha value is -2.45. The van der Waals surface area contributed by atoms with Gasteiger partial charge < -0.3 is 39.9 Å². The number of unbranched alkanes of at least 4 members (excludes halogenated alkanes) is 20. The van der Waals surface area contributed by atoms with Crippen molar-refractivity contribution < 1.29 is 63.1 Å². The predicted octanol–water partition coefficient (Wildman–Crippen LogP) is 10.9. The van der Waals surface area contributed by atoms with Crippen LogP contribution in [0.25, 0.3) is 0 Å². The van der Waals surface area contributed by atoms with Gasteiger partial charge in [-0.15, -0.1) is 0 Å². The number of esters is 2. The van der Waals surface area contributed by atoms with E-state index in [-0.39, 0.29) is 12.8 Å². The second kappa shape index (κ2) is 41.5. The zero-order valence-corrected chi connectivity index (χ0v) is 41.6. The minimum absolute atomic E-state index is 0.0179. The summed E-state index contributed by atoms with van der Waals surface area (Å²) in [6.07, 6.45) is 38.5. The SMILES string of the molecule is CCC=CCC=CCC=CCC=CCC=CCCCC(=O)OC(COC(=O)CCCCCCCCCCCCCCCCCCCCCC)COP(=O)(O)OC1C(O)C(O)C(O)C(O)C1O. The molecule has 1 fully saturated rings. The van der Waals surface area contributed by atoms with Crippen molar-refractivity contribution in [3.63, 3.8) is 0 Å². The molecule has 0 spiro atoms. The number of allylic oxidation sites excluding steroid dienone is 10. The third-order valence-electron chi connectivity index (χ3n) is 11.6. The molecular weight excluding hydrogens is 864 g/mol. The molecule has 382 valence electrons. The lowest BCUT2D eigenvalue weighted by atomic mass is 9.85. The first-order valence-corrected chi connectivity index (χ1v) is 27.1. The van der Waals surface area contributed by atoms with Crippen LogP contribution in [0.4, 0.5) is 0 Å². The van der Waals surface area contributed by atoms with E-state index in [1.165, 1.54) is 103 Å². The molecule has 6 atom stereocenters. The number of carbonyl (C=O) groups excluding carboxylic acids is 2. The van der Waals surface area contributed by atoms with Crippen molar-refractivity contribution in [3.8, 4) is 0 Å². The lowest BCUT2D eigenvalue weighted by Crippen LogP contribution is -2.64. The predicted molar refractivity (Wildman–Crippen MR) is 262 cm³/mol. The van der Waals surface area contributed by atoms with E-state index in [1.54, 1.807) is 0 Å². The fourth-order valence-corrected chi connectivity index (χ4v) is 8.53. The molecule has 0 radical (unpaired) electrons. The van der Waals surface area contributed by atoms with Crippen molar-refractivity contribution in [1.82, 2.24) is 0 Å². The molecule has 14 heteroatoms. The molecule has 66 heavy (non-hydrogen) atoms. The topological polar surface area (TPSA) is 210 Å². The molecule has 0 aromatic heterocycles. The standard InChI is InChI=1S/C52H91O13P/c1-3-5-7-9-11-13-15-17-19-21-22-23-25-26-28-30-32-34-36-38-40-45(53)62-42-44(43-63-66(60,61)65-52-50(58)48(56)47(55)49(57)51(52)59)64-46(54)41-39-37-35-33-31-29-27-24-20-18-16-14-12-10-8-6-4-2/h6,8,12,14,18,20,27,29,33,35,44,47-52,55-59H,3-5,7,9-11,13,15-17,19,21-26,28,30-32,34,36-43H2,1-2H3,(H,60,61). The highest BCUT2D eigenvalue weighted by atomic mass is 31.2. The van der Waals surface area contributed by atoms with E-state index in [1.807, 2.05) is 12.2 Å². The Labute approximate surface area is 398 Å². The van der Waals surface area contributed by atoms with Crippen molar-refractivity contribution in [2.24, 2.45) is 0 Å². The molecule has 6 N–H and O–H groups in total. The maximum absolute atomic E-state index is 12.8. The van der Waals surface area contributed by atoms with Crippen molar-refractivity contribution in [3.05, 3.63) is 60.8 Å². The highest BCUT2D eigenvalue weighted by Gasteiger charge is 2.51. The summed E-state index contributed by atoms with van der Waals surface area (Å²) >= 11 is 0. The number of phosphoric acid groups is 1. The second-order valence-electron chi connectivity index (χ2n) is 17.7. The smallest absolute Gasteiger partial charge is 0.462 e. The van der Waals surface area contributed by atoms with Gasteiger partial charge in [-0.05, 0) is 51.4 Å². The Kier molecular flexibility index (Phi) is 38.7. The summed E-state index contributed by atoms with van der Waals surface area (Å²) in [4.78, 5) is 35.8. The molecule has 0 aromatic rings. The first kappa shape index (κ1) is 61.6. The first-order chi connectivity index (χ1) is 31.9. The van der Waals surface area contributed by atoms with Gasteiger partial charge in [-0.2, -0.15) is 0 Å². The number of ether oxygens (including phenoxy) is 2. The quantitative estimate of drug-likeness (QED) is 0.0146. The average molecular weight is 955 g/mol. The largest absolute Gasteiger partial charge is 0.472 e. The average Bonchev–Trinajstić information content (AvgIpc) is 3.30. The van der Waals surface area contributed by atoms with Crippen LogP contribution in [0, 0.1) is 0 Å². The van der Waals surface area contributed by atoms with Gasteiger partial charge in [0.2, 0.25) is 0 Å². The van der Waals surface area contributed by atoms with Gasteiger partial charge in [0.1, 0.15) is 43.2 Å². The number of aliphatic hydroxyl groups is 5. The van der Waals surface area contributed by atoms with Gasteiger partial charge in [0.15, 0.2) is 6.10 Å². The first-order valence-electron chi connectivity index (χ1n) is 25.6. The molecule has 0 aliphatic heterocycles. The molecule has 1 saturated carbocycles. The lowest BCUT2D eigenvalue weighted by Gasteiger charge is -2.41. The number of rotatable bonds is 42. The van der Waals surface area contributed by atoms with E-state index in [4.69, 9.17) is 18.5 Å². The normalized spacial score (nSPS) is 21.8. The van der Waals surface area contributed by atoms with Gasteiger partial charge in [-0.25, -0.2) is 4.57 Å². The Morgan fingerprint density at radius 1 is 0.485 bits per heavy atom. The highest BCUT2D eigenvalue weighted by molar-refractivity contribution is 7.47. The summed E-state index contributed by atoms with van der Waals surface area (Å²) < 4.78 is 33.6. The van der Waals surface area contributed by atoms with E-state index in [0.29, 0.717) is 19.3 Å². The zero-order valence-electron chi connectivity index (χ0n) is 40.7. The van der Waals surface area contributed by atoms with Gasteiger partial charge in [-0.3, -0.25) is 18.6 Å². The zero-order chi connectivity index (χ0) is 48.5. The summed E-state index contributed by atoms with van der Waals surface area (Å²) in [7, 11) is -5.14. The van der Waals surface area contributed by atoms with Gasteiger partial charge in [0.05, 0.1) is 6.61 Å². The van der Waals surface area contributed by atoms with E-state index < -0.39 is 75.7 Å². The summed E-state index contributed by atoms with van der Waals surface area (Å²) in [6, 6.07) is 0. The molecule has 13 nitrogen and oxygen atoms in total. The molecule has 0 aromatic carbocycles. The van der Waals surface area contributed by atoms with Crippen LogP contribution in [0.5, 0.6) is 0 Å². The van der Waals surface area contributed by atoms with Gasteiger partial charge in [0, 0.05) is 12.8 Å². The van der Waals surface area contributed by atoms with E-state index in [2.05, 4.69) is 62.5 Å². The second-order valence-corrected chi connectivity index (χ2v) is 19.1. The summed E-state index contributed by atoms with van der Waals surface area (Å²) in [5.41, 5.74) is 0. The number of phosphoric ester groups is 1. The van der Waals surface area contributed by atoms with Crippen LogP contribution >= 0.6 is 7.82 Å². The maximum Gasteiger partial charge on any atom is 0.472 e. The minimum Gasteiger partial charge on any atom is -0.462 e. The Bertz CT molecular complexity index is 1380. The van der Waals surface area contributed by atoms with Crippen molar-refractivity contribution >= 4 is 19.8 Å². The molecular formula is C52H91O13P. The monoisotopic (exact) mass is 955 g/mol. The summed E-state index contributed by atoms with van der Waals surface area (Å²) in [5.74, 6) is -1.16. The summed E-state index contributed by atoms with van der Waals surface area (Å²) in [6.45, 7) is 3.16. The summed E-state index contributed by atoms with van der Waals surface area (Å²) in [5, 5.41) is 50.2. The highest BCUT2D eigenvalue weighted by Crippen LogP contribution is 2.47. The van der Waals surface area contributed by atoms with Crippen molar-refractivity contribution in [2.75, 3.05) is 13.2 Å². The number of hydrogen-bond acceptors (Lipinski definition) is 12. The van der Waals surface area contributed by atoms with Crippen molar-refractivity contribution in [2.45, 2.75) is 243 Å². The van der Waals surface area contributed by atoms with Crippen LogP contribution in [0.15, 0.2) is 60.8 Å². The van der Waals surface area contributed by atoms with Crippen LogP contribution < -0.4 is 0 Å². The fraction of sp³-hybridized carbons (Fsp3) is 0.769. The molecule has 6 unspecified atom stereocenters. The number of aliphatic hydroxyl groups excluding tert-OH is 5. The Morgan fingerprint density at radius 3 is 1.30 bits per heavy atom. The molecule has 0 heterocycles. The van der Waals surface area contributed by atoms with Gasteiger partial charge in [-0.1, -0.05) is 197 Å². The maximum atomic E-state index is 12.8. The molecule has 0 bridgehead atoms. The molecule has 1 rings (SSSR count).